The Hall–Kier alpha value is -3.46. The number of hydrogen-bond donors (Lipinski definition) is 2. The lowest BCUT2D eigenvalue weighted by molar-refractivity contribution is -0.931. The van der Waals surface area contributed by atoms with Gasteiger partial charge in [0.15, 0.2) is 6.04 Å². The minimum absolute atomic E-state index is 0.0873. The molecule has 1 aliphatic heterocycles. The molecule has 1 atom stereocenters. The van der Waals surface area contributed by atoms with Crippen LogP contribution in [-0.2, 0) is 17.8 Å². The number of carbonyl (C=O) groups excluding carboxylic acids is 1. The van der Waals surface area contributed by atoms with Crippen molar-refractivity contribution in [3.8, 4) is 11.5 Å². The number of quaternary nitrogens is 1. The highest BCUT2D eigenvalue weighted by atomic mass is 16.5. The topological polar surface area (TPSA) is 110 Å². The number of rotatable bonds is 9. The number of methoxy groups -OCH3 is 2. The normalized spacial score (nSPS) is 19.1. The van der Waals surface area contributed by atoms with E-state index >= 15 is 0 Å². The van der Waals surface area contributed by atoms with Crippen molar-refractivity contribution in [3.05, 3.63) is 65.5 Å². The van der Waals surface area contributed by atoms with Crippen LogP contribution in [0.1, 0.15) is 35.8 Å². The molecule has 2 aromatic carbocycles. The fourth-order valence-corrected chi connectivity index (χ4v) is 4.63. The van der Waals surface area contributed by atoms with Gasteiger partial charge in [-0.1, -0.05) is 30.3 Å². The molecule has 174 valence electrons. The highest BCUT2D eigenvalue weighted by Crippen LogP contribution is 2.31. The van der Waals surface area contributed by atoms with Crippen LogP contribution in [0.25, 0.3) is 0 Å². The maximum atomic E-state index is 11.7. The van der Waals surface area contributed by atoms with Crippen LogP contribution in [0.3, 0.4) is 0 Å². The summed E-state index contributed by atoms with van der Waals surface area (Å²) in [4.78, 5) is 13.0. The number of aromatic nitrogens is 4. The number of tetrazole rings is 1. The lowest BCUT2D eigenvalue weighted by Gasteiger charge is -2.34. The van der Waals surface area contributed by atoms with E-state index in [0.29, 0.717) is 6.54 Å². The van der Waals surface area contributed by atoms with Gasteiger partial charge in [-0.15, -0.1) is 5.10 Å². The fourth-order valence-electron chi connectivity index (χ4n) is 4.63. The molecular weight excluding hydrogens is 420 g/mol. The summed E-state index contributed by atoms with van der Waals surface area (Å²) >= 11 is 0. The summed E-state index contributed by atoms with van der Waals surface area (Å²) in [5.74, 6) is 1.95. The lowest BCUT2D eigenvalue weighted by atomic mass is 9.93. The first-order valence-electron chi connectivity index (χ1n) is 11.3. The van der Waals surface area contributed by atoms with E-state index in [0.717, 1.165) is 55.2 Å². The molecule has 1 saturated heterocycles. The molecule has 0 unspecified atom stereocenters. The molecule has 1 aromatic heterocycles. The minimum Gasteiger partial charge on any atom is -0.497 e. The maximum absolute atomic E-state index is 11.7. The van der Waals surface area contributed by atoms with Gasteiger partial charge in [-0.05, 0) is 40.6 Å². The van der Waals surface area contributed by atoms with Crippen LogP contribution in [0.2, 0.25) is 0 Å². The molecule has 1 aliphatic rings. The third-order valence-corrected chi connectivity index (χ3v) is 6.46. The molecule has 33 heavy (non-hydrogen) atoms. The van der Waals surface area contributed by atoms with Crippen molar-refractivity contribution in [2.24, 2.45) is 11.7 Å². The Labute approximate surface area is 193 Å². The molecule has 4 rings (SSSR count). The molecule has 9 nitrogen and oxygen atoms in total. The van der Waals surface area contributed by atoms with Crippen molar-refractivity contribution in [2.45, 2.75) is 31.8 Å². The zero-order valence-electron chi connectivity index (χ0n) is 19.1. The molecule has 0 bridgehead atoms. The Morgan fingerprint density at radius 1 is 1.15 bits per heavy atom. The number of amides is 1. The second-order valence-electron chi connectivity index (χ2n) is 8.37. The molecule has 3 aromatic rings. The summed E-state index contributed by atoms with van der Waals surface area (Å²) in [6, 6.07) is 15.9. The predicted molar refractivity (Wildman–Crippen MR) is 122 cm³/mol. The van der Waals surface area contributed by atoms with Crippen LogP contribution in [0, 0.1) is 5.92 Å². The van der Waals surface area contributed by atoms with Gasteiger partial charge < -0.3 is 20.1 Å². The van der Waals surface area contributed by atoms with Gasteiger partial charge in [0.25, 0.3) is 0 Å². The van der Waals surface area contributed by atoms with Crippen molar-refractivity contribution in [1.29, 1.82) is 0 Å². The lowest BCUT2D eigenvalue weighted by Crippen LogP contribution is -3.13. The summed E-state index contributed by atoms with van der Waals surface area (Å²) in [6.07, 6.45) is 2.29. The van der Waals surface area contributed by atoms with E-state index < -0.39 is 0 Å². The quantitative estimate of drug-likeness (QED) is 0.498. The summed E-state index contributed by atoms with van der Waals surface area (Å²) in [6.45, 7) is 2.22. The third-order valence-electron chi connectivity index (χ3n) is 6.46. The first-order chi connectivity index (χ1) is 16.1. The Morgan fingerprint density at radius 3 is 2.58 bits per heavy atom. The molecule has 0 radical (unpaired) electrons. The van der Waals surface area contributed by atoms with Crippen LogP contribution in [0.4, 0.5) is 0 Å². The number of ether oxygens (including phenoxy) is 2. The number of nitrogens with one attached hydrogen (secondary N) is 1. The van der Waals surface area contributed by atoms with E-state index in [1.807, 2.05) is 41.1 Å². The number of aryl methyl sites for hydroxylation is 2. The van der Waals surface area contributed by atoms with E-state index in [4.69, 9.17) is 15.2 Å². The van der Waals surface area contributed by atoms with Crippen molar-refractivity contribution in [1.82, 2.24) is 20.2 Å². The Kier molecular flexibility index (Phi) is 7.19. The standard InChI is InChI=1S/C24H30N6O3/c1-32-19-8-9-21(33-2)20(16-19)22(29-13-11-18(12-14-29)23(25)31)24-26-27-28-30(24)15-10-17-6-4-3-5-7-17/h3-9,16,18,22H,10-15H2,1-2H3,(H2,25,31)/p+1/t22-/m0/s1. The first-order valence-corrected chi connectivity index (χ1v) is 11.3. The van der Waals surface area contributed by atoms with Crippen LogP contribution in [0.15, 0.2) is 48.5 Å². The van der Waals surface area contributed by atoms with Crippen LogP contribution >= 0.6 is 0 Å². The van der Waals surface area contributed by atoms with Gasteiger partial charge in [0.05, 0.1) is 32.9 Å². The average Bonchev–Trinajstić information content (AvgIpc) is 3.32. The number of benzene rings is 2. The summed E-state index contributed by atoms with van der Waals surface area (Å²) in [5.41, 5.74) is 7.76. The van der Waals surface area contributed by atoms with E-state index in [-0.39, 0.29) is 17.9 Å². The van der Waals surface area contributed by atoms with Gasteiger partial charge in [0.1, 0.15) is 11.5 Å². The van der Waals surface area contributed by atoms with E-state index in [1.54, 1.807) is 14.2 Å². The number of likely N-dealkylation sites (tertiary alicyclic amines) is 1. The maximum Gasteiger partial charge on any atom is 0.220 e. The zero-order chi connectivity index (χ0) is 23.2. The van der Waals surface area contributed by atoms with Gasteiger partial charge in [-0.25, -0.2) is 4.68 Å². The SMILES string of the molecule is COc1ccc(OC)c([C@@H](c2nnnn2CCc2ccccc2)[NH+]2CCC(C(N)=O)CC2)c1. The molecule has 9 heteroatoms. The monoisotopic (exact) mass is 451 g/mol. The van der Waals surface area contributed by atoms with Gasteiger partial charge >= 0.3 is 0 Å². The second-order valence-corrected chi connectivity index (χ2v) is 8.37. The van der Waals surface area contributed by atoms with Gasteiger partial charge in [0, 0.05) is 25.3 Å². The first kappa shape index (κ1) is 22.7. The smallest absolute Gasteiger partial charge is 0.220 e. The molecule has 1 fully saturated rings. The molecule has 0 saturated carbocycles. The highest BCUT2D eigenvalue weighted by molar-refractivity contribution is 5.76. The molecule has 1 amide bonds. The van der Waals surface area contributed by atoms with Crippen LogP contribution < -0.4 is 20.1 Å². The minimum atomic E-state index is -0.225. The predicted octanol–water partition coefficient (Wildman–Crippen LogP) is 0.803. The number of hydrogen-bond acceptors (Lipinski definition) is 6. The Morgan fingerprint density at radius 2 is 1.91 bits per heavy atom. The van der Waals surface area contributed by atoms with Gasteiger partial charge in [0.2, 0.25) is 11.7 Å². The van der Waals surface area contributed by atoms with E-state index in [1.165, 1.54) is 10.5 Å². The van der Waals surface area contributed by atoms with Crippen LogP contribution in [-0.4, -0.2) is 53.4 Å². The number of nitrogens with zero attached hydrogens (tertiary/aromatic N) is 4. The second kappa shape index (κ2) is 10.4. The summed E-state index contributed by atoms with van der Waals surface area (Å²) in [5, 5.41) is 12.8. The third kappa shape index (κ3) is 5.14. The highest BCUT2D eigenvalue weighted by Gasteiger charge is 2.37. The van der Waals surface area contributed by atoms with Crippen molar-refractivity contribution in [2.75, 3.05) is 27.3 Å². The Balaban J connectivity index is 1.69. The number of piperidine rings is 1. The molecular formula is C24H31N6O3+. The number of primary amides is 1. The van der Waals surface area contributed by atoms with Gasteiger partial charge in [-0.2, -0.15) is 0 Å². The Bertz CT molecular complexity index is 1060. The molecule has 0 aliphatic carbocycles. The van der Waals surface area contributed by atoms with Gasteiger partial charge in [-0.3, -0.25) is 4.79 Å². The van der Waals surface area contributed by atoms with Crippen molar-refractivity contribution < 1.29 is 19.2 Å². The zero-order valence-corrected chi connectivity index (χ0v) is 19.1. The van der Waals surface area contributed by atoms with E-state index in [2.05, 4.69) is 27.7 Å². The summed E-state index contributed by atoms with van der Waals surface area (Å²) in [7, 11) is 3.31. The largest absolute Gasteiger partial charge is 0.497 e. The number of nitrogens with two attached hydrogens (primary N) is 1. The van der Waals surface area contributed by atoms with Crippen LogP contribution in [0.5, 0.6) is 11.5 Å². The van der Waals surface area contributed by atoms with Crippen molar-refractivity contribution in [3.63, 3.8) is 0 Å². The molecule has 3 N–H and O–H groups in total. The molecule has 2 heterocycles. The summed E-state index contributed by atoms with van der Waals surface area (Å²) < 4.78 is 13.1. The molecule has 0 spiro atoms. The number of carbonyl (C=O) groups is 1. The average molecular weight is 452 g/mol. The van der Waals surface area contributed by atoms with Crippen molar-refractivity contribution >= 4 is 5.91 Å². The van der Waals surface area contributed by atoms with E-state index in [9.17, 15) is 4.79 Å². The fraction of sp³-hybridized carbons (Fsp3) is 0.417.